The van der Waals surface area contributed by atoms with Gasteiger partial charge >= 0.3 is 0 Å². The molecular formula is C9H8N4O2. The normalized spacial score (nSPS) is 10.1. The van der Waals surface area contributed by atoms with Gasteiger partial charge in [0.1, 0.15) is 6.26 Å². The molecule has 2 aromatic heterocycles. The average Bonchev–Trinajstić information content (AvgIpc) is 2.71. The average molecular weight is 204 g/mol. The molecule has 6 nitrogen and oxygen atoms in total. The summed E-state index contributed by atoms with van der Waals surface area (Å²) in [4.78, 5) is 15.0. The van der Waals surface area contributed by atoms with Crippen molar-refractivity contribution >= 4 is 5.91 Å². The van der Waals surface area contributed by atoms with Crippen LogP contribution in [0.15, 0.2) is 29.3 Å². The van der Waals surface area contributed by atoms with Crippen molar-refractivity contribution in [1.82, 2.24) is 15.2 Å². The summed E-state index contributed by atoms with van der Waals surface area (Å²) in [5, 5.41) is 7.28. The van der Waals surface area contributed by atoms with E-state index >= 15 is 0 Å². The molecule has 0 aliphatic carbocycles. The maximum atomic E-state index is 11.0. The van der Waals surface area contributed by atoms with E-state index in [4.69, 9.17) is 10.2 Å². The van der Waals surface area contributed by atoms with Gasteiger partial charge in [0.05, 0.1) is 5.69 Å². The van der Waals surface area contributed by atoms with Gasteiger partial charge in [0.25, 0.3) is 5.91 Å². The predicted octanol–water partition coefficient (Wildman–Crippen LogP) is 0.154. The summed E-state index contributed by atoms with van der Waals surface area (Å²) in [6.45, 7) is 0. The third-order valence-electron chi connectivity index (χ3n) is 1.89. The van der Waals surface area contributed by atoms with Gasteiger partial charge in [0, 0.05) is 12.6 Å². The molecule has 0 spiro atoms. The van der Waals surface area contributed by atoms with Gasteiger partial charge in [-0.25, -0.2) is 4.98 Å². The molecule has 0 aromatic carbocycles. The molecule has 0 unspecified atom stereocenters. The van der Waals surface area contributed by atoms with Crippen molar-refractivity contribution in [3.05, 3.63) is 41.9 Å². The van der Waals surface area contributed by atoms with Crippen molar-refractivity contribution in [2.45, 2.75) is 6.42 Å². The molecule has 0 atom stereocenters. The van der Waals surface area contributed by atoms with Crippen molar-refractivity contribution in [3.63, 3.8) is 0 Å². The fourth-order valence-electron chi connectivity index (χ4n) is 1.23. The fourth-order valence-corrected chi connectivity index (χ4v) is 1.23. The minimum absolute atomic E-state index is 0.167. The Kier molecular flexibility index (Phi) is 2.40. The molecule has 0 aliphatic heterocycles. The zero-order valence-corrected chi connectivity index (χ0v) is 7.75. The molecule has 0 bridgehead atoms. The minimum Gasteiger partial charge on any atom is -0.451 e. The van der Waals surface area contributed by atoms with E-state index in [1.165, 1.54) is 18.9 Å². The molecule has 0 fully saturated rings. The molecule has 2 N–H and O–H groups in total. The number of amides is 1. The Morgan fingerprint density at radius 3 is 3.07 bits per heavy atom. The van der Waals surface area contributed by atoms with Crippen LogP contribution in [-0.2, 0) is 6.42 Å². The Morgan fingerprint density at radius 2 is 2.40 bits per heavy atom. The van der Waals surface area contributed by atoms with Gasteiger partial charge in [0.15, 0.2) is 12.1 Å². The van der Waals surface area contributed by atoms with Gasteiger partial charge in [-0.05, 0) is 11.6 Å². The van der Waals surface area contributed by atoms with E-state index in [0.29, 0.717) is 17.7 Å². The molecule has 0 radical (unpaired) electrons. The second-order valence-corrected chi connectivity index (χ2v) is 2.93. The first kappa shape index (κ1) is 9.32. The van der Waals surface area contributed by atoms with Gasteiger partial charge in [-0.1, -0.05) is 0 Å². The first-order valence-corrected chi connectivity index (χ1v) is 4.25. The van der Waals surface area contributed by atoms with Crippen molar-refractivity contribution in [2.75, 3.05) is 0 Å². The van der Waals surface area contributed by atoms with Gasteiger partial charge in [-0.3, -0.25) is 4.79 Å². The van der Waals surface area contributed by atoms with Crippen LogP contribution >= 0.6 is 0 Å². The van der Waals surface area contributed by atoms with Crippen LogP contribution in [0.2, 0.25) is 0 Å². The van der Waals surface area contributed by atoms with Crippen molar-refractivity contribution in [1.29, 1.82) is 0 Å². The number of aromatic nitrogens is 3. The van der Waals surface area contributed by atoms with Crippen LogP contribution in [0.3, 0.4) is 0 Å². The number of carbonyl (C=O) groups is 1. The lowest BCUT2D eigenvalue weighted by Crippen LogP contribution is -2.16. The Balaban J connectivity index is 2.32. The first-order chi connectivity index (χ1) is 7.27. The molecule has 15 heavy (non-hydrogen) atoms. The Bertz CT molecular complexity index is 467. The van der Waals surface area contributed by atoms with E-state index in [1.807, 2.05) is 0 Å². The van der Waals surface area contributed by atoms with E-state index in [9.17, 15) is 4.79 Å². The highest BCUT2D eigenvalue weighted by Gasteiger charge is 2.11. The molecule has 1 amide bonds. The molecular weight excluding hydrogens is 196 g/mol. The second kappa shape index (κ2) is 3.87. The van der Waals surface area contributed by atoms with E-state index in [2.05, 4.69) is 15.2 Å². The van der Waals surface area contributed by atoms with Crippen LogP contribution in [0, 0.1) is 0 Å². The van der Waals surface area contributed by atoms with Crippen LogP contribution in [-0.4, -0.2) is 21.1 Å². The van der Waals surface area contributed by atoms with Crippen molar-refractivity contribution < 1.29 is 9.21 Å². The highest BCUT2D eigenvalue weighted by molar-refractivity contribution is 5.92. The number of primary amides is 1. The van der Waals surface area contributed by atoms with Gasteiger partial charge in [0.2, 0.25) is 0 Å². The smallest absolute Gasteiger partial charge is 0.269 e. The van der Waals surface area contributed by atoms with E-state index < -0.39 is 5.91 Å². The van der Waals surface area contributed by atoms with Crippen LogP contribution in [0.25, 0.3) is 0 Å². The van der Waals surface area contributed by atoms with Crippen molar-refractivity contribution in [3.8, 4) is 0 Å². The standard InChI is InChI=1S/C9H8N4O2/c10-9(14)8-6(1-2-12-13-8)3-7-4-15-5-11-7/h1-2,4-5H,3H2,(H2,10,14). The summed E-state index contributed by atoms with van der Waals surface area (Å²) in [5.41, 5.74) is 6.73. The van der Waals surface area contributed by atoms with E-state index in [1.54, 1.807) is 6.07 Å². The summed E-state index contributed by atoms with van der Waals surface area (Å²) in [5.74, 6) is -0.596. The Labute approximate surface area is 85.1 Å². The number of rotatable bonds is 3. The molecule has 0 aliphatic rings. The fraction of sp³-hybridized carbons (Fsp3) is 0.111. The van der Waals surface area contributed by atoms with Crippen LogP contribution in [0.1, 0.15) is 21.7 Å². The monoisotopic (exact) mass is 204 g/mol. The highest BCUT2D eigenvalue weighted by Crippen LogP contribution is 2.09. The zero-order valence-electron chi connectivity index (χ0n) is 7.75. The summed E-state index contributed by atoms with van der Waals surface area (Å²) >= 11 is 0. The summed E-state index contributed by atoms with van der Waals surface area (Å²) < 4.78 is 4.82. The maximum Gasteiger partial charge on any atom is 0.269 e. The van der Waals surface area contributed by atoms with Crippen LogP contribution < -0.4 is 5.73 Å². The molecule has 0 saturated heterocycles. The van der Waals surface area contributed by atoms with Crippen LogP contribution in [0.5, 0.6) is 0 Å². The Hall–Kier alpha value is -2.24. The molecule has 2 rings (SSSR count). The molecule has 6 heteroatoms. The quantitative estimate of drug-likeness (QED) is 0.768. The lowest BCUT2D eigenvalue weighted by atomic mass is 10.1. The topological polar surface area (TPSA) is 94.9 Å². The molecule has 2 aromatic rings. The van der Waals surface area contributed by atoms with Crippen LogP contribution in [0.4, 0.5) is 0 Å². The summed E-state index contributed by atoms with van der Waals surface area (Å²) in [6, 6.07) is 1.68. The lowest BCUT2D eigenvalue weighted by Gasteiger charge is -2.01. The maximum absolute atomic E-state index is 11.0. The number of hydrogen-bond donors (Lipinski definition) is 1. The molecule has 0 saturated carbocycles. The highest BCUT2D eigenvalue weighted by atomic mass is 16.3. The van der Waals surface area contributed by atoms with Gasteiger partial charge in [-0.2, -0.15) is 5.10 Å². The minimum atomic E-state index is -0.596. The van der Waals surface area contributed by atoms with E-state index in [0.717, 1.165) is 0 Å². The zero-order chi connectivity index (χ0) is 10.7. The van der Waals surface area contributed by atoms with Gasteiger partial charge in [-0.15, -0.1) is 5.10 Å². The SMILES string of the molecule is NC(=O)c1nnccc1Cc1cocn1. The van der Waals surface area contributed by atoms with Gasteiger partial charge < -0.3 is 10.2 Å². The first-order valence-electron chi connectivity index (χ1n) is 4.25. The predicted molar refractivity (Wildman–Crippen MR) is 49.9 cm³/mol. The van der Waals surface area contributed by atoms with Crippen molar-refractivity contribution in [2.24, 2.45) is 5.73 Å². The third-order valence-corrected chi connectivity index (χ3v) is 1.89. The molecule has 2 heterocycles. The number of nitrogens with zero attached hydrogens (tertiary/aromatic N) is 3. The molecule has 76 valence electrons. The number of oxazole rings is 1. The number of nitrogens with two attached hydrogens (primary N) is 1. The lowest BCUT2D eigenvalue weighted by molar-refractivity contribution is 0.0993. The Morgan fingerprint density at radius 1 is 1.53 bits per heavy atom. The number of hydrogen-bond acceptors (Lipinski definition) is 5. The van der Waals surface area contributed by atoms with E-state index in [-0.39, 0.29) is 5.69 Å². The largest absolute Gasteiger partial charge is 0.451 e. The number of carbonyl (C=O) groups excluding carboxylic acids is 1. The summed E-state index contributed by atoms with van der Waals surface area (Å²) in [7, 11) is 0. The third kappa shape index (κ3) is 1.98. The summed E-state index contributed by atoms with van der Waals surface area (Å²) in [6.07, 6.45) is 4.78. The second-order valence-electron chi connectivity index (χ2n) is 2.93.